The van der Waals surface area contributed by atoms with E-state index in [0.29, 0.717) is 0 Å². The second-order valence-electron chi connectivity index (χ2n) is 21.8. The first-order valence-corrected chi connectivity index (χ1v) is 26.3. The van der Waals surface area contributed by atoms with Crippen molar-refractivity contribution in [3.63, 3.8) is 0 Å². The van der Waals surface area contributed by atoms with Crippen LogP contribution < -0.4 is 0 Å². The second-order valence-corrected chi connectivity index (χ2v) is 21.8. The number of fused-ring (bicyclic) bond motifs is 5. The Morgan fingerprint density at radius 2 is 0.354 bits per heavy atom. The SMILES string of the molecule is CC(C)C.CC(C)C.CC(C)C.CC(C)C.CC(C)C.c1ccc2c(c1)C2.c1ccc2c(c1)CC2.c1ccc2c(c1)CCC2.c1ccc2c(c1)CCCC2.c1ccc2c(c1)CCCCC2. The Hall–Kier alpha value is -3.90. The van der Waals surface area contributed by atoms with Gasteiger partial charge in [0.2, 0.25) is 0 Å². The Labute approximate surface area is 404 Å². The summed E-state index contributed by atoms with van der Waals surface area (Å²) >= 11 is 0. The Balaban J connectivity index is 0.000000371. The number of hydrogen-bond acceptors (Lipinski definition) is 0. The molecule has 0 heterocycles. The summed E-state index contributed by atoms with van der Waals surface area (Å²) in [7, 11) is 0. The van der Waals surface area contributed by atoms with Gasteiger partial charge in [0, 0.05) is 0 Å². The van der Waals surface area contributed by atoms with Crippen molar-refractivity contribution in [1.82, 2.24) is 0 Å². The molecule has 5 aromatic rings. The normalized spacial score (nSPS) is 13.5. The molecule has 0 atom stereocenters. The lowest BCUT2D eigenvalue weighted by Crippen LogP contribution is -2.06. The highest BCUT2D eigenvalue weighted by molar-refractivity contribution is 5.44. The van der Waals surface area contributed by atoms with Crippen LogP contribution in [0.1, 0.15) is 198 Å². The highest BCUT2D eigenvalue weighted by Crippen LogP contribution is 2.26. The zero-order valence-electron chi connectivity index (χ0n) is 45.0. The van der Waals surface area contributed by atoms with Crippen molar-refractivity contribution in [2.75, 3.05) is 0 Å². The number of benzene rings is 5. The van der Waals surface area contributed by atoms with Crippen molar-refractivity contribution in [2.45, 2.75) is 200 Å². The minimum Gasteiger partial charge on any atom is -0.0630 e. The molecule has 0 spiro atoms. The molecule has 0 saturated carbocycles. The van der Waals surface area contributed by atoms with Gasteiger partial charge in [-0.3, -0.25) is 0 Å². The van der Waals surface area contributed by atoms with Crippen molar-refractivity contribution in [3.8, 4) is 0 Å². The Morgan fingerprint density at radius 3 is 0.523 bits per heavy atom. The topological polar surface area (TPSA) is 0 Å². The second kappa shape index (κ2) is 36.2. The summed E-state index contributed by atoms with van der Waals surface area (Å²) < 4.78 is 0. The minimum atomic E-state index is 0.833. The third-order valence-electron chi connectivity index (χ3n) is 9.94. The first-order valence-electron chi connectivity index (χ1n) is 26.3. The monoisotopic (exact) mass is 881 g/mol. The Bertz CT molecular complexity index is 1720. The van der Waals surface area contributed by atoms with Crippen LogP contribution in [0.15, 0.2) is 121 Å². The fraction of sp³-hybridized carbons (Fsp3) is 0.538. The summed E-state index contributed by atoms with van der Waals surface area (Å²) in [5.41, 5.74) is 15.6. The van der Waals surface area contributed by atoms with Gasteiger partial charge < -0.3 is 0 Å². The zero-order chi connectivity index (χ0) is 48.4. The first kappa shape index (κ1) is 59.1. The smallest absolute Gasteiger partial charge is 0.00201 e. The zero-order valence-corrected chi connectivity index (χ0v) is 45.0. The lowest BCUT2D eigenvalue weighted by Gasteiger charge is -2.16. The number of aryl methyl sites for hydroxylation is 8. The molecule has 0 unspecified atom stereocenters. The lowest BCUT2D eigenvalue weighted by atomic mass is 9.89. The van der Waals surface area contributed by atoms with E-state index in [-0.39, 0.29) is 0 Å². The van der Waals surface area contributed by atoms with E-state index in [0.717, 1.165) is 29.6 Å². The molecule has 0 aromatic heterocycles. The summed E-state index contributed by atoms with van der Waals surface area (Å²) in [4.78, 5) is 0. The first-order chi connectivity index (χ1) is 31.0. The average Bonchev–Trinajstić information content (AvgIpc) is 3.94. The van der Waals surface area contributed by atoms with Crippen molar-refractivity contribution in [1.29, 1.82) is 0 Å². The fourth-order valence-electron chi connectivity index (χ4n) is 7.02. The van der Waals surface area contributed by atoms with E-state index in [1.54, 1.807) is 44.5 Å². The quantitative estimate of drug-likeness (QED) is 0.133. The fourth-order valence-corrected chi connectivity index (χ4v) is 7.02. The van der Waals surface area contributed by atoms with Gasteiger partial charge in [-0.05, 0) is 175 Å². The average molecular weight is 882 g/mol. The van der Waals surface area contributed by atoms with Crippen molar-refractivity contribution in [3.05, 3.63) is 177 Å². The van der Waals surface area contributed by atoms with Crippen LogP contribution in [0.2, 0.25) is 0 Å². The largest absolute Gasteiger partial charge is 0.0630 e. The van der Waals surface area contributed by atoms with Gasteiger partial charge in [-0.25, -0.2) is 0 Å². The molecule has 5 aromatic carbocycles. The van der Waals surface area contributed by atoms with Crippen LogP contribution in [0.3, 0.4) is 0 Å². The molecule has 0 saturated heterocycles. The summed E-state index contributed by atoms with van der Waals surface area (Å²) in [5, 5.41) is 0. The molecule has 65 heavy (non-hydrogen) atoms. The maximum Gasteiger partial charge on any atom is -0.00201 e. The number of rotatable bonds is 0. The van der Waals surface area contributed by atoms with Crippen molar-refractivity contribution in [2.24, 2.45) is 29.6 Å². The molecular formula is C65H100. The molecule has 0 amide bonds. The van der Waals surface area contributed by atoms with Gasteiger partial charge in [0.25, 0.3) is 0 Å². The predicted molar refractivity (Wildman–Crippen MR) is 295 cm³/mol. The number of hydrogen-bond donors (Lipinski definition) is 0. The van der Waals surface area contributed by atoms with Crippen LogP contribution in [0.25, 0.3) is 0 Å². The Morgan fingerprint density at radius 1 is 0.200 bits per heavy atom. The van der Waals surface area contributed by atoms with Crippen molar-refractivity contribution < 1.29 is 0 Å². The van der Waals surface area contributed by atoms with Gasteiger partial charge in [-0.15, -0.1) is 0 Å². The van der Waals surface area contributed by atoms with Crippen LogP contribution in [-0.4, -0.2) is 0 Å². The third kappa shape index (κ3) is 32.4. The summed E-state index contributed by atoms with van der Waals surface area (Å²) in [6.45, 7) is 32.5. The van der Waals surface area contributed by atoms with Crippen LogP contribution in [0.5, 0.6) is 0 Å². The lowest BCUT2D eigenvalue weighted by molar-refractivity contribution is 0.685. The van der Waals surface area contributed by atoms with E-state index in [4.69, 9.17) is 0 Å². The van der Waals surface area contributed by atoms with Crippen molar-refractivity contribution >= 4 is 0 Å². The maximum absolute atomic E-state index is 2.28. The molecule has 5 aliphatic rings. The summed E-state index contributed by atoms with van der Waals surface area (Å²) in [5.74, 6) is 4.17. The van der Waals surface area contributed by atoms with E-state index >= 15 is 0 Å². The molecular weight excluding hydrogens is 781 g/mol. The molecule has 0 bridgehead atoms. The van der Waals surface area contributed by atoms with Gasteiger partial charge in [0.1, 0.15) is 0 Å². The maximum atomic E-state index is 2.28. The summed E-state index contributed by atoms with van der Waals surface area (Å²) in [6.07, 6.45) is 20.0. The van der Waals surface area contributed by atoms with Gasteiger partial charge in [0.05, 0.1) is 0 Å². The molecule has 0 aliphatic heterocycles. The molecule has 10 rings (SSSR count). The summed E-state index contributed by atoms with van der Waals surface area (Å²) in [6, 6.07) is 43.6. The van der Waals surface area contributed by atoms with Gasteiger partial charge in [0.15, 0.2) is 0 Å². The molecule has 360 valence electrons. The predicted octanol–water partition coefficient (Wildman–Crippen LogP) is 19.4. The molecule has 0 heteroatoms. The van der Waals surface area contributed by atoms with E-state index in [1.807, 2.05) is 0 Å². The van der Waals surface area contributed by atoms with E-state index in [1.165, 1.54) is 107 Å². The van der Waals surface area contributed by atoms with Crippen LogP contribution >= 0.6 is 0 Å². The molecule has 5 aliphatic carbocycles. The van der Waals surface area contributed by atoms with Gasteiger partial charge in [-0.1, -0.05) is 232 Å². The van der Waals surface area contributed by atoms with Crippen LogP contribution in [-0.2, 0) is 57.8 Å². The third-order valence-corrected chi connectivity index (χ3v) is 9.94. The highest BCUT2D eigenvalue weighted by atomic mass is 14.2. The molecule has 0 fully saturated rings. The van der Waals surface area contributed by atoms with E-state index in [2.05, 4.69) is 225 Å². The van der Waals surface area contributed by atoms with Gasteiger partial charge >= 0.3 is 0 Å². The Kier molecular flexibility index (Phi) is 33.0. The molecule has 0 nitrogen and oxygen atoms in total. The van der Waals surface area contributed by atoms with E-state index in [9.17, 15) is 0 Å². The highest BCUT2D eigenvalue weighted by Gasteiger charge is 2.13. The van der Waals surface area contributed by atoms with Gasteiger partial charge in [-0.2, -0.15) is 0 Å². The minimum absolute atomic E-state index is 0.833. The van der Waals surface area contributed by atoms with E-state index < -0.39 is 0 Å². The van der Waals surface area contributed by atoms with Crippen LogP contribution in [0, 0.1) is 29.6 Å². The standard InChI is InChI=1S/C11H14.C10H12.C9H10.C8H8.C7H6.5C4H10/c1-2-6-10-8-4-5-9-11(10)7-3-1;1-2-6-10-8-4-3-7-9(10)5-1;1-2-5-9-7-3-6-8(9)4-1;1-2-4-8-6-5-7(8)3-1;1-2-4-7-5-6(7)3-1;5*1-4(2)3/h4-5,8-9H,1-3,6-7H2;1-2,5-6H,3-4,7-8H2;1-2,4-5H,3,6-7H2;1-4H,5-6H2;1-4H,5H2;5*4H,1-3H3. The molecule has 0 N–H and O–H groups in total. The molecule has 0 radical (unpaired) electrons. The van der Waals surface area contributed by atoms with Crippen LogP contribution in [0.4, 0.5) is 0 Å².